The lowest BCUT2D eigenvalue weighted by Crippen LogP contribution is -2.38. The van der Waals surface area contributed by atoms with Crippen molar-refractivity contribution >= 4 is 5.91 Å². The Balaban J connectivity index is 1.50. The number of carbonyl (C=O) groups is 1. The smallest absolute Gasteiger partial charge is 0.253 e. The molecule has 0 spiro atoms. The number of aromatic nitrogens is 3. The molecule has 1 saturated heterocycles. The van der Waals surface area contributed by atoms with Gasteiger partial charge in [-0.2, -0.15) is 5.26 Å². The third-order valence-corrected chi connectivity index (χ3v) is 6.29. The van der Waals surface area contributed by atoms with Gasteiger partial charge in [0.1, 0.15) is 6.61 Å². The maximum atomic E-state index is 13.3. The highest BCUT2D eigenvalue weighted by Gasteiger charge is 2.25. The first-order valence-corrected chi connectivity index (χ1v) is 11.3. The number of benzene rings is 2. The first kappa shape index (κ1) is 22.7. The second-order valence-corrected chi connectivity index (χ2v) is 8.81. The molecular formula is C26H29N5O2. The number of likely N-dealkylation sites (tertiary alicyclic amines) is 1. The van der Waals surface area contributed by atoms with Crippen LogP contribution >= 0.6 is 0 Å². The summed E-state index contributed by atoms with van der Waals surface area (Å²) in [6.07, 6.45) is 1.83. The summed E-state index contributed by atoms with van der Waals surface area (Å²) in [5, 5.41) is 17.4. The summed E-state index contributed by atoms with van der Waals surface area (Å²) in [6, 6.07) is 15.8. The first-order valence-electron chi connectivity index (χ1n) is 11.3. The fraction of sp³-hybridized carbons (Fsp3) is 0.385. The summed E-state index contributed by atoms with van der Waals surface area (Å²) in [5.41, 5.74) is 4.59. The molecule has 2 aromatic carbocycles. The Labute approximate surface area is 194 Å². The molecule has 1 aliphatic rings. The van der Waals surface area contributed by atoms with Crippen LogP contribution in [0.15, 0.2) is 42.5 Å². The molecular weight excluding hydrogens is 414 g/mol. The average molecular weight is 444 g/mol. The van der Waals surface area contributed by atoms with E-state index in [1.165, 1.54) is 5.56 Å². The van der Waals surface area contributed by atoms with E-state index in [1.807, 2.05) is 47.4 Å². The number of methoxy groups -OCH3 is 1. The summed E-state index contributed by atoms with van der Waals surface area (Å²) in [6.45, 7) is 6.04. The minimum atomic E-state index is 0.0430. The van der Waals surface area contributed by atoms with Crippen LogP contribution in [0.5, 0.6) is 0 Å². The van der Waals surface area contributed by atoms with Gasteiger partial charge in [0.05, 0.1) is 11.6 Å². The fourth-order valence-electron chi connectivity index (χ4n) is 4.45. The van der Waals surface area contributed by atoms with Crippen molar-refractivity contribution in [3.05, 3.63) is 70.5 Å². The van der Waals surface area contributed by atoms with Crippen molar-refractivity contribution in [1.82, 2.24) is 20.1 Å². The van der Waals surface area contributed by atoms with E-state index in [-0.39, 0.29) is 11.8 Å². The van der Waals surface area contributed by atoms with Gasteiger partial charge >= 0.3 is 0 Å². The van der Waals surface area contributed by atoms with E-state index in [9.17, 15) is 4.79 Å². The monoisotopic (exact) mass is 443 g/mol. The molecule has 1 aromatic heterocycles. The summed E-state index contributed by atoms with van der Waals surface area (Å²) in [4.78, 5) is 18.5. The Kier molecular flexibility index (Phi) is 6.85. The number of nitrogens with one attached hydrogen (secondary N) is 1. The molecule has 0 radical (unpaired) electrons. The number of H-pyrrole nitrogens is 1. The number of hydrogen-bond acceptors (Lipinski definition) is 5. The van der Waals surface area contributed by atoms with Gasteiger partial charge in [-0.1, -0.05) is 32.0 Å². The van der Waals surface area contributed by atoms with Gasteiger partial charge in [-0.3, -0.25) is 4.79 Å². The highest BCUT2D eigenvalue weighted by atomic mass is 16.5. The quantitative estimate of drug-likeness (QED) is 0.599. The Bertz CT molecular complexity index is 1150. The van der Waals surface area contributed by atoms with E-state index in [1.54, 1.807) is 7.11 Å². The molecule has 2 heterocycles. The number of nitriles is 1. The third kappa shape index (κ3) is 4.96. The van der Waals surface area contributed by atoms with Crippen molar-refractivity contribution in [2.45, 2.75) is 45.1 Å². The molecule has 0 bridgehead atoms. The molecule has 1 amide bonds. The molecule has 0 atom stereocenters. The number of carbonyl (C=O) groups excluding carboxylic acids is 1. The van der Waals surface area contributed by atoms with Gasteiger partial charge in [-0.05, 0) is 60.1 Å². The first-order chi connectivity index (χ1) is 16.0. The van der Waals surface area contributed by atoms with Crippen LogP contribution in [0, 0.1) is 11.3 Å². The third-order valence-electron chi connectivity index (χ3n) is 6.29. The zero-order chi connectivity index (χ0) is 23.4. The predicted molar refractivity (Wildman–Crippen MR) is 126 cm³/mol. The van der Waals surface area contributed by atoms with Crippen molar-refractivity contribution in [2.75, 3.05) is 20.2 Å². The minimum Gasteiger partial charge on any atom is -0.377 e. The van der Waals surface area contributed by atoms with Gasteiger partial charge in [0.25, 0.3) is 5.91 Å². The number of aromatic amines is 1. The van der Waals surface area contributed by atoms with Crippen LogP contribution in [0.4, 0.5) is 0 Å². The summed E-state index contributed by atoms with van der Waals surface area (Å²) in [7, 11) is 1.62. The molecule has 33 heavy (non-hydrogen) atoms. The molecule has 0 saturated carbocycles. The normalized spacial score (nSPS) is 14.5. The zero-order valence-corrected chi connectivity index (χ0v) is 19.3. The topological polar surface area (TPSA) is 94.9 Å². The number of amides is 1. The lowest BCUT2D eigenvalue weighted by atomic mass is 9.88. The number of ether oxygens (including phenoxy) is 1. The maximum absolute atomic E-state index is 13.3. The van der Waals surface area contributed by atoms with E-state index in [4.69, 9.17) is 10.00 Å². The summed E-state index contributed by atoms with van der Waals surface area (Å²) >= 11 is 0. The Morgan fingerprint density at radius 1 is 1.18 bits per heavy atom. The fourth-order valence-corrected chi connectivity index (χ4v) is 4.45. The number of nitrogens with zero attached hydrogens (tertiary/aromatic N) is 4. The van der Waals surface area contributed by atoms with E-state index in [0.717, 1.165) is 24.0 Å². The lowest BCUT2D eigenvalue weighted by Gasteiger charge is -2.32. The Morgan fingerprint density at radius 2 is 1.91 bits per heavy atom. The summed E-state index contributed by atoms with van der Waals surface area (Å²) < 4.78 is 5.14. The average Bonchev–Trinajstić information content (AvgIpc) is 3.32. The molecule has 7 heteroatoms. The highest BCUT2D eigenvalue weighted by molar-refractivity contribution is 5.95. The van der Waals surface area contributed by atoms with Crippen LogP contribution in [0.25, 0.3) is 11.4 Å². The van der Waals surface area contributed by atoms with Crippen molar-refractivity contribution < 1.29 is 9.53 Å². The lowest BCUT2D eigenvalue weighted by molar-refractivity contribution is 0.0713. The molecule has 170 valence electrons. The van der Waals surface area contributed by atoms with Crippen LogP contribution in [0.3, 0.4) is 0 Å². The van der Waals surface area contributed by atoms with E-state index in [2.05, 4.69) is 35.1 Å². The van der Waals surface area contributed by atoms with Crippen molar-refractivity contribution in [3.63, 3.8) is 0 Å². The molecule has 0 unspecified atom stereocenters. The van der Waals surface area contributed by atoms with Gasteiger partial charge in [-0.25, -0.2) is 0 Å². The van der Waals surface area contributed by atoms with Gasteiger partial charge in [-0.15, -0.1) is 10.2 Å². The van der Waals surface area contributed by atoms with Crippen molar-refractivity contribution in [1.29, 1.82) is 5.26 Å². The molecule has 4 rings (SSSR count). The highest BCUT2D eigenvalue weighted by Crippen LogP contribution is 2.31. The van der Waals surface area contributed by atoms with Gasteiger partial charge < -0.3 is 14.6 Å². The number of rotatable bonds is 6. The van der Waals surface area contributed by atoms with Crippen molar-refractivity contribution in [3.8, 4) is 17.5 Å². The van der Waals surface area contributed by atoms with E-state index < -0.39 is 0 Å². The molecule has 3 aromatic rings. The minimum absolute atomic E-state index is 0.0430. The molecule has 1 N–H and O–H groups in total. The number of hydrogen-bond donors (Lipinski definition) is 1. The zero-order valence-electron chi connectivity index (χ0n) is 19.3. The van der Waals surface area contributed by atoms with Gasteiger partial charge in [0.2, 0.25) is 0 Å². The van der Waals surface area contributed by atoms with Crippen LogP contribution in [-0.2, 0) is 11.3 Å². The van der Waals surface area contributed by atoms with Crippen LogP contribution < -0.4 is 0 Å². The van der Waals surface area contributed by atoms with Crippen LogP contribution in [0.2, 0.25) is 0 Å². The second-order valence-electron chi connectivity index (χ2n) is 8.81. The number of piperidine rings is 1. The second kappa shape index (κ2) is 9.97. The Morgan fingerprint density at radius 3 is 2.55 bits per heavy atom. The molecule has 7 nitrogen and oxygen atoms in total. The summed E-state index contributed by atoms with van der Waals surface area (Å²) in [5.74, 6) is 2.04. The molecule has 0 aliphatic carbocycles. The van der Waals surface area contributed by atoms with E-state index >= 15 is 0 Å². The predicted octanol–water partition coefficient (Wildman–Crippen LogP) is 4.63. The van der Waals surface area contributed by atoms with Gasteiger partial charge in [0.15, 0.2) is 11.6 Å². The SMILES string of the molecule is COCc1nnc(-c2cc(C(=O)N3CCC(c4ccc(C#N)cc4)CC3)ccc2C(C)C)[nH]1. The molecule has 1 fully saturated rings. The standard InChI is InChI=1S/C26H29N5O2/c1-17(2)22-9-8-21(14-23(22)25-28-24(16-33-3)29-30-25)26(32)31-12-10-20(11-13-31)19-6-4-18(15-27)5-7-19/h4-9,14,17,20H,10-13,16H2,1-3H3,(H,28,29,30). The van der Waals surface area contributed by atoms with Crippen molar-refractivity contribution in [2.24, 2.45) is 0 Å². The maximum Gasteiger partial charge on any atom is 0.253 e. The molecule has 1 aliphatic heterocycles. The van der Waals surface area contributed by atoms with Gasteiger partial charge in [0, 0.05) is 31.3 Å². The van der Waals surface area contributed by atoms with Crippen LogP contribution in [-0.4, -0.2) is 46.2 Å². The Hall–Kier alpha value is -3.50. The van der Waals surface area contributed by atoms with E-state index in [0.29, 0.717) is 48.4 Å². The largest absolute Gasteiger partial charge is 0.377 e. The van der Waals surface area contributed by atoms with Crippen LogP contribution in [0.1, 0.15) is 71.4 Å².